The highest BCUT2D eigenvalue weighted by atomic mass is 32.1. The summed E-state index contributed by atoms with van der Waals surface area (Å²) in [6.45, 7) is 5.85. The maximum absolute atomic E-state index is 13.1. The fraction of sp³-hybridized carbons (Fsp3) is 0.273. The van der Waals surface area contributed by atoms with Crippen molar-refractivity contribution in [3.8, 4) is 22.0 Å². The van der Waals surface area contributed by atoms with E-state index in [9.17, 15) is 9.59 Å². The second-order valence-corrected chi connectivity index (χ2v) is 9.72. The van der Waals surface area contributed by atoms with Crippen LogP contribution in [0.3, 0.4) is 0 Å². The maximum atomic E-state index is 13.1. The summed E-state index contributed by atoms with van der Waals surface area (Å²) >= 11 is 2.91. The molecule has 2 amide bonds. The molecule has 1 atom stereocenters. The van der Waals surface area contributed by atoms with Gasteiger partial charge in [0.1, 0.15) is 0 Å². The lowest BCUT2D eigenvalue weighted by atomic mass is 10.0. The van der Waals surface area contributed by atoms with Crippen molar-refractivity contribution in [3.63, 3.8) is 0 Å². The molecular formula is C22H23N7O2S2. The molecule has 0 bridgehead atoms. The van der Waals surface area contributed by atoms with Crippen molar-refractivity contribution in [1.29, 1.82) is 0 Å². The number of thiazole rings is 1. The third-order valence-electron chi connectivity index (χ3n) is 4.77. The second kappa shape index (κ2) is 10.0. The van der Waals surface area contributed by atoms with Crippen LogP contribution in [-0.4, -0.2) is 37.0 Å². The number of rotatable bonds is 8. The van der Waals surface area contributed by atoms with Gasteiger partial charge >= 0.3 is 0 Å². The van der Waals surface area contributed by atoms with Gasteiger partial charge in [0.2, 0.25) is 11.7 Å². The van der Waals surface area contributed by atoms with Crippen LogP contribution in [0.15, 0.2) is 47.8 Å². The van der Waals surface area contributed by atoms with E-state index in [1.165, 1.54) is 23.1 Å². The first kappa shape index (κ1) is 22.7. The van der Waals surface area contributed by atoms with Gasteiger partial charge in [0, 0.05) is 22.7 Å². The van der Waals surface area contributed by atoms with Crippen molar-refractivity contribution in [2.45, 2.75) is 33.4 Å². The van der Waals surface area contributed by atoms with E-state index in [1.54, 1.807) is 11.3 Å². The molecule has 1 unspecified atom stereocenters. The lowest BCUT2D eigenvalue weighted by Crippen LogP contribution is -2.31. The minimum absolute atomic E-state index is 0.0594. The number of nitrogens with one attached hydrogen (secondary N) is 2. The Hall–Kier alpha value is -3.44. The zero-order valence-electron chi connectivity index (χ0n) is 18.3. The van der Waals surface area contributed by atoms with Gasteiger partial charge < -0.3 is 10.6 Å². The summed E-state index contributed by atoms with van der Waals surface area (Å²) in [5, 5.41) is 20.8. The lowest BCUT2D eigenvalue weighted by molar-refractivity contribution is -0.121. The fourth-order valence-corrected chi connectivity index (χ4v) is 4.86. The molecule has 4 aromatic rings. The summed E-state index contributed by atoms with van der Waals surface area (Å²) in [6.07, 6.45) is 0. The molecule has 9 nitrogen and oxygen atoms in total. The van der Waals surface area contributed by atoms with Crippen LogP contribution in [0, 0.1) is 5.92 Å². The molecule has 0 aliphatic heterocycles. The number of carbonyl (C=O) groups excluding carboxylic acids is 2. The Labute approximate surface area is 198 Å². The fourth-order valence-electron chi connectivity index (χ4n) is 3.17. The molecule has 170 valence electrons. The number of aromatic nitrogens is 5. The zero-order chi connectivity index (χ0) is 23.4. The Kier molecular flexibility index (Phi) is 6.90. The van der Waals surface area contributed by atoms with Gasteiger partial charge in [0.05, 0.1) is 17.1 Å². The van der Waals surface area contributed by atoms with Crippen LogP contribution in [0.5, 0.6) is 0 Å². The molecule has 2 N–H and O–H groups in total. The first-order valence-electron chi connectivity index (χ1n) is 10.4. The van der Waals surface area contributed by atoms with Crippen molar-refractivity contribution < 1.29 is 9.59 Å². The van der Waals surface area contributed by atoms with Gasteiger partial charge in [-0.3, -0.25) is 9.59 Å². The second-order valence-electron chi connectivity index (χ2n) is 7.69. The molecule has 0 aliphatic carbocycles. The van der Waals surface area contributed by atoms with Crippen LogP contribution in [0.1, 0.15) is 31.7 Å². The number of benzene rings is 1. The summed E-state index contributed by atoms with van der Waals surface area (Å²) in [6, 6.07) is 12.8. The number of nitrogens with zero attached hydrogens (tertiary/aromatic N) is 5. The van der Waals surface area contributed by atoms with Crippen LogP contribution < -0.4 is 10.6 Å². The van der Waals surface area contributed by atoms with Crippen LogP contribution in [-0.2, 0) is 16.1 Å². The van der Waals surface area contributed by atoms with E-state index < -0.39 is 6.04 Å². The zero-order valence-corrected chi connectivity index (χ0v) is 20.0. The minimum Gasteiger partial charge on any atom is -0.351 e. The SMILES string of the molecule is CC(=O)NCc1ccc(-c2csc(NC(=O)C(C(C)C)n3nnc(-c4ccccc4)n3)n2)s1. The highest BCUT2D eigenvalue weighted by Gasteiger charge is 2.28. The first-order valence-corrected chi connectivity index (χ1v) is 12.0. The normalized spacial score (nSPS) is 12.0. The van der Waals surface area contributed by atoms with Crippen molar-refractivity contribution in [3.05, 3.63) is 52.7 Å². The van der Waals surface area contributed by atoms with Gasteiger partial charge in [-0.15, -0.1) is 32.9 Å². The topological polar surface area (TPSA) is 115 Å². The molecule has 1 aromatic carbocycles. The summed E-state index contributed by atoms with van der Waals surface area (Å²) in [7, 11) is 0. The quantitative estimate of drug-likeness (QED) is 0.393. The van der Waals surface area contributed by atoms with E-state index in [1.807, 2.05) is 61.7 Å². The highest BCUT2D eigenvalue weighted by molar-refractivity contribution is 7.17. The van der Waals surface area contributed by atoms with Crippen LogP contribution in [0.4, 0.5) is 5.13 Å². The predicted molar refractivity (Wildman–Crippen MR) is 129 cm³/mol. The Morgan fingerprint density at radius 3 is 2.64 bits per heavy atom. The van der Waals surface area contributed by atoms with Crippen molar-refractivity contribution in [2.75, 3.05) is 5.32 Å². The van der Waals surface area contributed by atoms with E-state index in [4.69, 9.17) is 0 Å². The van der Waals surface area contributed by atoms with E-state index in [-0.39, 0.29) is 17.7 Å². The molecule has 3 aromatic heterocycles. The Balaban J connectivity index is 1.46. The smallest absolute Gasteiger partial charge is 0.253 e. The Morgan fingerprint density at radius 1 is 1.12 bits per heavy atom. The van der Waals surface area contributed by atoms with E-state index >= 15 is 0 Å². The van der Waals surface area contributed by atoms with Crippen LogP contribution in [0.25, 0.3) is 22.0 Å². The minimum atomic E-state index is -0.631. The highest BCUT2D eigenvalue weighted by Crippen LogP contribution is 2.31. The number of tetrazole rings is 1. The molecule has 0 radical (unpaired) electrons. The molecule has 0 fully saturated rings. The number of hydrogen-bond acceptors (Lipinski definition) is 8. The molecule has 0 saturated heterocycles. The average molecular weight is 482 g/mol. The standard InChI is InChI=1S/C22H23N7O2S2/c1-13(2)19(29-27-20(26-28-29)15-7-5-4-6-8-15)21(31)25-22-24-17(12-32-22)18-10-9-16(33-18)11-23-14(3)30/h4-10,12-13,19H,11H2,1-3H3,(H,23,30)(H,24,25,31). The number of hydrogen-bond donors (Lipinski definition) is 2. The van der Waals surface area contributed by atoms with Gasteiger partial charge in [-0.1, -0.05) is 44.2 Å². The summed E-state index contributed by atoms with van der Waals surface area (Å²) < 4.78 is 0. The molecule has 0 saturated carbocycles. The molecule has 4 rings (SSSR count). The van der Waals surface area contributed by atoms with Crippen LogP contribution in [0.2, 0.25) is 0 Å². The van der Waals surface area contributed by atoms with E-state index in [2.05, 4.69) is 31.0 Å². The number of anilines is 1. The number of carbonyl (C=O) groups is 2. The van der Waals surface area contributed by atoms with Gasteiger partial charge in [-0.05, 0) is 23.3 Å². The third-order valence-corrected chi connectivity index (χ3v) is 6.63. The third kappa shape index (κ3) is 5.49. The Bertz CT molecular complexity index is 1250. The largest absolute Gasteiger partial charge is 0.351 e. The molecule has 0 aliphatic rings. The van der Waals surface area contributed by atoms with Gasteiger partial charge in [0.15, 0.2) is 11.2 Å². The van der Waals surface area contributed by atoms with Crippen molar-refractivity contribution in [1.82, 2.24) is 30.5 Å². The van der Waals surface area contributed by atoms with Gasteiger partial charge in [0.25, 0.3) is 5.91 Å². The van der Waals surface area contributed by atoms with Crippen molar-refractivity contribution in [2.24, 2.45) is 5.92 Å². The molecule has 0 spiro atoms. The van der Waals surface area contributed by atoms with E-state index in [0.29, 0.717) is 17.5 Å². The molecule has 33 heavy (non-hydrogen) atoms. The van der Waals surface area contributed by atoms with E-state index in [0.717, 1.165) is 21.0 Å². The monoisotopic (exact) mass is 481 g/mol. The number of amides is 2. The summed E-state index contributed by atoms with van der Waals surface area (Å²) in [5.41, 5.74) is 1.62. The van der Waals surface area contributed by atoms with Crippen molar-refractivity contribution >= 4 is 39.6 Å². The van der Waals surface area contributed by atoms with Crippen LogP contribution >= 0.6 is 22.7 Å². The molecule has 3 heterocycles. The lowest BCUT2D eigenvalue weighted by Gasteiger charge is -2.17. The summed E-state index contributed by atoms with van der Waals surface area (Å²) in [5.74, 6) is 0.0933. The maximum Gasteiger partial charge on any atom is 0.253 e. The number of thiophene rings is 1. The Morgan fingerprint density at radius 2 is 1.91 bits per heavy atom. The molecular weight excluding hydrogens is 458 g/mol. The first-order chi connectivity index (χ1) is 15.9. The average Bonchev–Trinajstić information content (AvgIpc) is 3.54. The summed E-state index contributed by atoms with van der Waals surface area (Å²) in [4.78, 5) is 32.1. The van der Waals surface area contributed by atoms with Gasteiger partial charge in [-0.2, -0.15) is 4.80 Å². The van der Waals surface area contributed by atoms with Gasteiger partial charge in [-0.25, -0.2) is 4.98 Å². The molecule has 11 heteroatoms. The predicted octanol–water partition coefficient (Wildman–Crippen LogP) is 4.00.